The van der Waals surface area contributed by atoms with Crippen molar-refractivity contribution in [1.82, 2.24) is 14.5 Å². The molecular formula is C20H20N4O3. The Morgan fingerprint density at radius 2 is 2.04 bits per heavy atom. The second-order valence-electron chi connectivity index (χ2n) is 6.57. The Hall–Kier alpha value is -3.24. The Labute approximate surface area is 156 Å². The molecule has 0 fully saturated rings. The van der Waals surface area contributed by atoms with Gasteiger partial charge in [-0.05, 0) is 37.1 Å². The number of benzene rings is 1. The van der Waals surface area contributed by atoms with Gasteiger partial charge in [0, 0.05) is 18.1 Å². The molecule has 2 heterocycles. The monoisotopic (exact) mass is 364 g/mol. The van der Waals surface area contributed by atoms with E-state index in [0.29, 0.717) is 40.8 Å². The van der Waals surface area contributed by atoms with E-state index in [1.54, 1.807) is 18.2 Å². The lowest BCUT2D eigenvalue weighted by atomic mass is 10.0. The molecule has 3 rings (SSSR count). The molecule has 1 aromatic carbocycles. The number of fused-ring (bicyclic) bond motifs is 1. The number of pyridine rings is 1. The van der Waals surface area contributed by atoms with E-state index in [2.05, 4.69) is 4.98 Å². The van der Waals surface area contributed by atoms with Crippen LogP contribution in [-0.4, -0.2) is 31.4 Å². The van der Waals surface area contributed by atoms with Gasteiger partial charge in [-0.3, -0.25) is 9.36 Å². The van der Waals surface area contributed by atoms with Crippen LogP contribution >= 0.6 is 0 Å². The summed E-state index contributed by atoms with van der Waals surface area (Å²) in [5.41, 5.74) is 1.55. The summed E-state index contributed by atoms with van der Waals surface area (Å²) < 4.78 is 1.49. The first-order valence-corrected chi connectivity index (χ1v) is 8.72. The summed E-state index contributed by atoms with van der Waals surface area (Å²) in [5.74, 6) is 0.538. The number of aliphatic hydroxyl groups excluding tert-OH is 1. The molecule has 0 aliphatic rings. The molecule has 138 valence electrons. The molecule has 3 aromatic rings. The second-order valence-corrected chi connectivity index (χ2v) is 6.57. The number of hydrogen-bond donors (Lipinski definition) is 2. The second kappa shape index (κ2) is 7.56. The van der Waals surface area contributed by atoms with Crippen molar-refractivity contribution < 1.29 is 10.2 Å². The summed E-state index contributed by atoms with van der Waals surface area (Å²) in [6.07, 6.45) is 2.37. The van der Waals surface area contributed by atoms with Gasteiger partial charge in [-0.25, -0.2) is 9.97 Å². The molecule has 2 N–H and O–H groups in total. The molecule has 0 aliphatic carbocycles. The maximum atomic E-state index is 13.2. The Morgan fingerprint density at radius 3 is 2.63 bits per heavy atom. The van der Waals surface area contributed by atoms with Crippen LogP contribution in [0.3, 0.4) is 0 Å². The highest BCUT2D eigenvalue weighted by atomic mass is 16.3. The number of aryl methyl sites for hydroxylation is 1. The molecule has 0 unspecified atom stereocenters. The van der Waals surface area contributed by atoms with Gasteiger partial charge in [0.25, 0.3) is 5.56 Å². The first-order valence-electron chi connectivity index (χ1n) is 8.72. The SMILES string of the molecule is CC(C)c1nc2c(CCCO)c(O)ccc2c(=O)n1-c1ccc(C#N)nc1. The molecule has 0 radical (unpaired) electrons. The lowest BCUT2D eigenvalue weighted by molar-refractivity contribution is 0.288. The Bertz CT molecular complexity index is 1080. The van der Waals surface area contributed by atoms with Crippen LogP contribution in [0.15, 0.2) is 35.3 Å². The molecule has 27 heavy (non-hydrogen) atoms. The largest absolute Gasteiger partial charge is 0.508 e. The van der Waals surface area contributed by atoms with Crippen molar-refractivity contribution in [3.63, 3.8) is 0 Å². The zero-order valence-corrected chi connectivity index (χ0v) is 15.2. The lowest BCUT2D eigenvalue weighted by Gasteiger charge is -2.17. The molecule has 7 nitrogen and oxygen atoms in total. The van der Waals surface area contributed by atoms with E-state index < -0.39 is 0 Å². The van der Waals surface area contributed by atoms with Crippen LogP contribution in [0.25, 0.3) is 16.6 Å². The predicted molar refractivity (Wildman–Crippen MR) is 101 cm³/mol. The van der Waals surface area contributed by atoms with Crippen molar-refractivity contribution in [1.29, 1.82) is 5.26 Å². The van der Waals surface area contributed by atoms with Gasteiger partial charge < -0.3 is 10.2 Å². The predicted octanol–water partition coefficient (Wildman–Crippen LogP) is 2.41. The zero-order valence-electron chi connectivity index (χ0n) is 15.2. The van der Waals surface area contributed by atoms with Crippen LogP contribution in [-0.2, 0) is 6.42 Å². The van der Waals surface area contributed by atoms with E-state index >= 15 is 0 Å². The molecule has 0 atom stereocenters. The van der Waals surface area contributed by atoms with E-state index in [1.807, 2.05) is 19.9 Å². The van der Waals surface area contributed by atoms with Crippen LogP contribution in [0.2, 0.25) is 0 Å². The molecular weight excluding hydrogens is 344 g/mol. The summed E-state index contributed by atoms with van der Waals surface area (Å²) in [6, 6.07) is 8.22. The summed E-state index contributed by atoms with van der Waals surface area (Å²) in [4.78, 5) is 22.0. The Morgan fingerprint density at radius 1 is 1.26 bits per heavy atom. The summed E-state index contributed by atoms with van der Waals surface area (Å²) >= 11 is 0. The minimum atomic E-state index is -0.263. The van der Waals surface area contributed by atoms with Gasteiger partial charge in [0.2, 0.25) is 0 Å². The number of hydrogen-bond acceptors (Lipinski definition) is 6. The number of aromatic nitrogens is 3. The quantitative estimate of drug-likeness (QED) is 0.719. The van der Waals surface area contributed by atoms with Crippen LogP contribution in [0.5, 0.6) is 5.75 Å². The number of phenols is 1. The van der Waals surface area contributed by atoms with Gasteiger partial charge >= 0.3 is 0 Å². The average Bonchev–Trinajstić information content (AvgIpc) is 2.67. The van der Waals surface area contributed by atoms with Crippen LogP contribution in [0, 0.1) is 11.3 Å². The Balaban J connectivity index is 2.33. The van der Waals surface area contributed by atoms with E-state index in [4.69, 9.17) is 15.4 Å². The van der Waals surface area contributed by atoms with E-state index in [9.17, 15) is 9.90 Å². The van der Waals surface area contributed by atoms with Gasteiger partial charge in [0.15, 0.2) is 0 Å². The van der Waals surface area contributed by atoms with Crippen molar-refractivity contribution in [2.45, 2.75) is 32.6 Å². The fourth-order valence-corrected chi connectivity index (χ4v) is 3.04. The number of nitrogens with zero attached hydrogens (tertiary/aromatic N) is 4. The number of nitriles is 1. The fourth-order valence-electron chi connectivity index (χ4n) is 3.04. The summed E-state index contributed by atoms with van der Waals surface area (Å²) in [5, 5.41) is 28.7. The summed E-state index contributed by atoms with van der Waals surface area (Å²) in [7, 11) is 0. The van der Waals surface area contributed by atoms with Crippen molar-refractivity contribution >= 4 is 10.9 Å². The van der Waals surface area contributed by atoms with Gasteiger partial charge in [-0.2, -0.15) is 5.26 Å². The molecule has 0 saturated heterocycles. The van der Waals surface area contributed by atoms with Crippen molar-refractivity contribution in [3.8, 4) is 17.5 Å². The van der Waals surface area contributed by atoms with Gasteiger partial charge in [-0.1, -0.05) is 13.8 Å². The molecule has 0 saturated carbocycles. The third-order valence-electron chi connectivity index (χ3n) is 4.37. The summed E-state index contributed by atoms with van der Waals surface area (Å²) in [6.45, 7) is 3.84. The highest BCUT2D eigenvalue weighted by molar-refractivity contribution is 5.83. The third-order valence-corrected chi connectivity index (χ3v) is 4.37. The highest BCUT2D eigenvalue weighted by Gasteiger charge is 2.19. The van der Waals surface area contributed by atoms with E-state index in [1.165, 1.54) is 16.8 Å². The third kappa shape index (κ3) is 3.39. The molecule has 0 bridgehead atoms. The normalized spacial score (nSPS) is 11.1. The number of aliphatic hydroxyl groups is 1. The average molecular weight is 364 g/mol. The minimum Gasteiger partial charge on any atom is -0.508 e. The lowest BCUT2D eigenvalue weighted by Crippen LogP contribution is -2.25. The smallest absolute Gasteiger partial charge is 0.266 e. The standard InChI is InChI=1S/C20H20N4O3/c1-12(2)19-23-18-15(4-3-9-25)17(26)8-7-16(18)20(27)24(19)14-6-5-13(10-21)22-11-14/h5-8,11-12,25-26H,3-4,9H2,1-2H3. The minimum absolute atomic E-state index is 0.0131. The van der Waals surface area contributed by atoms with E-state index in [0.717, 1.165) is 0 Å². The zero-order chi connectivity index (χ0) is 19.6. The first kappa shape index (κ1) is 18.5. The van der Waals surface area contributed by atoms with Crippen molar-refractivity contribution in [2.24, 2.45) is 0 Å². The molecule has 7 heteroatoms. The first-order chi connectivity index (χ1) is 13.0. The van der Waals surface area contributed by atoms with Crippen LogP contribution < -0.4 is 5.56 Å². The topological polar surface area (TPSA) is 112 Å². The molecule has 0 spiro atoms. The van der Waals surface area contributed by atoms with Gasteiger partial charge in [-0.15, -0.1) is 0 Å². The van der Waals surface area contributed by atoms with E-state index in [-0.39, 0.29) is 29.5 Å². The maximum Gasteiger partial charge on any atom is 0.266 e. The van der Waals surface area contributed by atoms with Crippen LogP contribution in [0.4, 0.5) is 0 Å². The molecule has 0 amide bonds. The fraction of sp³-hybridized carbons (Fsp3) is 0.300. The van der Waals surface area contributed by atoms with Gasteiger partial charge in [0.05, 0.1) is 22.8 Å². The van der Waals surface area contributed by atoms with Crippen molar-refractivity contribution in [3.05, 3.63) is 57.9 Å². The molecule has 0 aliphatic heterocycles. The molecule has 2 aromatic heterocycles. The Kier molecular flexibility index (Phi) is 5.19. The number of rotatable bonds is 5. The van der Waals surface area contributed by atoms with Crippen molar-refractivity contribution in [2.75, 3.05) is 6.61 Å². The van der Waals surface area contributed by atoms with Crippen LogP contribution in [0.1, 0.15) is 43.3 Å². The number of phenolic OH excluding ortho intramolecular Hbond substituents is 1. The maximum absolute atomic E-state index is 13.2. The van der Waals surface area contributed by atoms with Gasteiger partial charge in [0.1, 0.15) is 23.3 Å². The number of aromatic hydroxyl groups is 1. The highest BCUT2D eigenvalue weighted by Crippen LogP contribution is 2.27.